The van der Waals surface area contributed by atoms with Crippen molar-refractivity contribution in [3.63, 3.8) is 0 Å². The van der Waals surface area contributed by atoms with Crippen molar-refractivity contribution in [3.05, 3.63) is 124 Å². The minimum Gasteiger partial charge on any atom is -0.316 e. The van der Waals surface area contributed by atoms with Crippen LogP contribution >= 0.6 is 34.0 Å². The average Bonchev–Trinajstić information content (AvgIpc) is 4.07. The predicted molar refractivity (Wildman–Crippen MR) is 230 cm³/mol. The summed E-state index contributed by atoms with van der Waals surface area (Å²) in [5, 5.41) is 36.8. The van der Waals surface area contributed by atoms with Gasteiger partial charge in [0, 0.05) is 68.0 Å². The molecule has 0 saturated heterocycles. The second-order valence-corrected chi connectivity index (χ2v) is 15.3. The van der Waals surface area contributed by atoms with E-state index in [-0.39, 0.29) is 0 Å². The minimum atomic E-state index is 0.803. The van der Waals surface area contributed by atoms with Crippen LogP contribution in [-0.2, 0) is 6.42 Å². The highest BCUT2D eigenvalue weighted by atomic mass is 32.1. The van der Waals surface area contributed by atoms with E-state index in [1.807, 2.05) is 93.2 Å². The van der Waals surface area contributed by atoms with E-state index in [4.69, 9.17) is 0 Å². The molecular formula is C39H39N15S3. The number of aromatic nitrogens is 12. The van der Waals surface area contributed by atoms with Crippen LogP contribution in [0.5, 0.6) is 0 Å². The predicted octanol–water partition coefficient (Wildman–Crippen LogP) is 9.81. The highest BCUT2D eigenvalue weighted by molar-refractivity contribution is 7.16. The van der Waals surface area contributed by atoms with Gasteiger partial charge in [-0.3, -0.25) is 15.3 Å². The molecule has 0 aliphatic carbocycles. The molecule has 18 heteroatoms. The molecule has 9 aromatic heterocycles. The number of nitrogens with one attached hydrogen (secondary N) is 6. The van der Waals surface area contributed by atoms with Gasteiger partial charge in [-0.15, -0.1) is 34.0 Å². The average molecular weight is 814 g/mol. The molecule has 9 aromatic rings. The molecule has 15 nitrogen and oxygen atoms in total. The van der Waals surface area contributed by atoms with Crippen molar-refractivity contribution in [1.82, 2.24) is 60.5 Å². The summed E-state index contributed by atoms with van der Waals surface area (Å²) in [4.78, 5) is 27.8. The summed E-state index contributed by atoms with van der Waals surface area (Å²) in [5.41, 5.74) is 10.1. The number of thiazole rings is 3. The fourth-order valence-electron chi connectivity index (χ4n) is 5.36. The van der Waals surface area contributed by atoms with E-state index in [1.54, 1.807) is 65.0 Å². The van der Waals surface area contributed by atoms with Crippen LogP contribution in [0.2, 0.25) is 0 Å². The van der Waals surface area contributed by atoms with E-state index in [1.165, 1.54) is 10.4 Å². The maximum atomic E-state index is 4.63. The van der Waals surface area contributed by atoms with E-state index in [0.29, 0.717) is 0 Å². The Balaban J connectivity index is 0.000000131. The van der Waals surface area contributed by atoms with Crippen molar-refractivity contribution in [1.29, 1.82) is 0 Å². The largest absolute Gasteiger partial charge is 0.316 e. The number of aromatic amines is 3. The lowest BCUT2D eigenvalue weighted by Crippen LogP contribution is -1.93. The summed E-state index contributed by atoms with van der Waals surface area (Å²) in [5.74, 6) is 2.42. The zero-order chi connectivity index (χ0) is 39.6. The van der Waals surface area contributed by atoms with Gasteiger partial charge in [0.15, 0.2) is 15.4 Å². The van der Waals surface area contributed by atoms with Gasteiger partial charge in [-0.25, -0.2) is 29.9 Å². The fraction of sp³-hybridized carbons (Fsp3) is 0.154. The zero-order valence-corrected chi connectivity index (χ0v) is 34.1. The number of nitrogens with zero attached hydrogens (tertiary/aromatic N) is 9. The molecule has 0 fully saturated rings. The molecule has 9 rings (SSSR count). The van der Waals surface area contributed by atoms with Crippen molar-refractivity contribution in [2.45, 2.75) is 41.0 Å². The first-order valence-corrected chi connectivity index (χ1v) is 20.4. The first kappa shape index (κ1) is 38.6. The number of hydrogen-bond donors (Lipinski definition) is 6. The molecule has 0 saturated carbocycles. The SMILES string of the molecule is CCc1sc(Nc2ccccn2)nc1-c1cn[nH]c1.Cc1cccc(Nc2nc(-c3cn[nH]c3C)cs2)n1.Cc1ccnc(Nc2nc(-c3cn[nH]c3C)cs2)c1. The summed E-state index contributed by atoms with van der Waals surface area (Å²) >= 11 is 4.76. The van der Waals surface area contributed by atoms with Crippen LogP contribution in [0.3, 0.4) is 0 Å². The molecule has 288 valence electrons. The maximum absolute atomic E-state index is 4.63. The maximum Gasteiger partial charge on any atom is 0.189 e. The van der Waals surface area contributed by atoms with Crippen molar-refractivity contribution >= 4 is 66.9 Å². The molecule has 57 heavy (non-hydrogen) atoms. The van der Waals surface area contributed by atoms with Gasteiger partial charge in [0.2, 0.25) is 0 Å². The summed E-state index contributed by atoms with van der Waals surface area (Å²) < 4.78 is 0. The number of aryl methyl sites for hydroxylation is 5. The molecule has 0 amide bonds. The standard InChI is InChI=1S/3C13H13N5S/c1-8-3-4-14-12(5-8)17-13-16-11(7-19-13)10-6-15-18-9(10)2;1-8-4-3-5-12(15-8)17-13-16-11(7-19-13)10-6-14-18-9(10)2;1-2-10-12(9-7-15-16-8-9)18-13(19-10)17-11-5-3-4-6-14-11/h3-7H,1-2H3,(H,15,18)(H,14,16,17);3-7H,1-2H3,(H,14,18)(H,15,16,17);3-8H,2H2,1H3,(H,15,16)(H,14,17,18). The smallest absolute Gasteiger partial charge is 0.189 e. The first-order chi connectivity index (χ1) is 27.8. The number of H-pyrrole nitrogens is 3. The zero-order valence-electron chi connectivity index (χ0n) is 31.7. The molecule has 0 unspecified atom stereocenters. The highest BCUT2D eigenvalue weighted by Gasteiger charge is 2.14. The number of rotatable bonds is 10. The summed E-state index contributed by atoms with van der Waals surface area (Å²) in [6.07, 6.45) is 11.7. The molecule has 0 aliphatic heterocycles. The van der Waals surface area contributed by atoms with Crippen LogP contribution in [0.25, 0.3) is 33.8 Å². The summed E-state index contributed by atoms with van der Waals surface area (Å²) in [6.45, 7) is 10.1. The highest BCUT2D eigenvalue weighted by Crippen LogP contribution is 2.33. The lowest BCUT2D eigenvalue weighted by Gasteiger charge is -2.01. The Kier molecular flexibility index (Phi) is 12.4. The molecular weight excluding hydrogens is 775 g/mol. The Bertz CT molecular complexity index is 2500. The van der Waals surface area contributed by atoms with Gasteiger partial charge in [0.05, 0.1) is 35.7 Å². The Morgan fingerprint density at radius 1 is 0.632 bits per heavy atom. The van der Waals surface area contributed by atoms with E-state index in [0.717, 1.165) is 90.1 Å². The molecule has 0 bridgehead atoms. The molecule has 0 spiro atoms. The normalized spacial score (nSPS) is 10.6. The van der Waals surface area contributed by atoms with Crippen molar-refractivity contribution < 1.29 is 0 Å². The van der Waals surface area contributed by atoms with E-state index < -0.39 is 0 Å². The number of hydrogen-bond acceptors (Lipinski definition) is 15. The summed E-state index contributed by atoms with van der Waals surface area (Å²) in [6, 6.07) is 15.6. The molecule has 0 atom stereocenters. The van der Waals surface area contributed by atoms with E-state index in [2.05, 4.69) is 83.4 Å². The van der Waals surface area contributed by atoms with Crippen molar-refractivity contribution in [2.24, 2.45) is 0 Å². The molecule has 0 radical (unpaired) electrons. The van der Waals surface area contributed by atoms with Crippen molar-refractivity contribution in [2.75, 3.05) is 16.0 Å². The Labute approximate surface area is 340 Å². The van der Waals surface area contributed by atoms with Gasteiger partial charge >= 0.3 is 0 Å². The van der Waals surface area contributed by atoms with Crippen LogP contribution < -0.4 is 16.0 Å². The van der Waals surface area contributed by atoms with Gasteiger partial charge in [-0.2, -0.15) is 15.3 Å². The Hall–Kier alpha value is -6.63. The van der Waals surface area contributed by atoms with E-state index >= 15 is 0 Å². The molecule has 0 aromatic carbocycles. The van der Waals surface area contributed by atoms with Gasteiger partial charge in [-0.1, -0.05) is 19.1 Å². The third-order valence-corrected chi connectivity index (χ3v) is 10.8. The molecule has 0 aliphatic rings. The fourth-order valence-corrected chi connectivity index (χ4v) is 7.73. The second kappa shape index (κ2) is 18.3. The van der Waals surface area contributed by atoms with Gasteiger partial charge in [0.1, 0.15) is 17.5 Å². The van der Waals surface area contributed by atoms with Crippen LogP contribution in [0.15, 0.2) is 96.5 Å². The van der Waals surface area contributed by atoms with Crippen LogP contribution in [0.4, 0.5) is 32.8 Å². The lowest BCUT2D eigenvalue weighted by atomic mass is 10.2. The van der Waals surface area contributed by atoms with Gasteiger partial charge < -0.3 is 16.0 Å². The second-order valence-electron chi connectivity index (χ2n) is 12.5. The summed E-state index contributed by atoms with van der Waals surface area (Å²) in [7, 11) is 0. The third-order valence-electron chi connectivity index (χ3n) is 8.18. The third kappa shape index (κ3) is 10.2. The van der Waals surface area contributed by atoms with Gasteiger partial charge in [-0.05, 0) is 76.1 Å². The van der Waals surface area contributed by atoms with Crippen LogP contribution in [0.1, 0.15) is 34.4 Å². The topological polar surface area (TPSA) is 199 Å². The monoisotopic (exact) mass is 813 g/mol. The molecule has 9 heterocycles. The molecule has 6 N–H and O–H groups in total. The van der Waals surface area contributed by atoms with Crippen LogP contribution in [0, 0.1) is 27.7 Å². The quantitative estimate of drug-likeness (QED) is 0.0765. The Morgan fingerprint density at radius 2 is 1.30 bits per heavy atom. The van der Waals surface area contributed by atoms with Crippen molar-refractivity contribution in [3.8, 4) is 33.8 Å². The number of pyridine rings is 3. The number of anilines is 6. The van der Waals surface area contributed by atoms with E-state index in [9.17, 15) is 0 Å². The van der Waals surface area contributed by atoms with Crippen LogP contribution in [-0.4, -0.2) is 60.5 Å². The van der Waals surface area contributed by atoms with Gasteiger partial charge in [0.25, 0.3) is 0 Å². The Morgan fingerprint density at radius 3 is 1.88 bits per heavy atom. The lowest BCUT2D eigenvalue weighted by molar-refractivity contribution is 1.05. The minimum absolute atomic E-state index is 0.803. The first-order valence-electron chi connectivity index (χ1n) is 17.8.